The van der Waals surface area contributed by atoms with Crippen LogP contribution in [0, 0.1) is 5.82 Å². The number of aliphatic hydroxyl groups is 1. The Labute approximate surface area is 154 Å². The molecule has 0 saturated carbocycles. The molecule has 2 aromatic rings. The van der Waals surface area contributed by atoms with Crippen LogP contribution in [0.15, 0.2) is 58.4 Å². The van der Waals surface area contributed by atoms with Gasteiger partial charge >= 0.3 is 0 Å². The number of carbonyl (C=O) groups is 2. The predicted molar refractivity (Wildman–Crippen MR) is 92.5 cm³/mol. The number of hydrogen-bond donors (Lipinski definition) is 1. The van der Waals surface area contributed by atoms with Crippen molar-refractivity contribution >= 4 is 11.7 Å². The molecule has 27 heavy (non-hydrogen) atoms. The highest BCUT2D eigenvalue weighted by molar-refractivity contribution is 6.15. The molecule has 0 aliphatic carbocycles. The molecule has 1 amide bonds. The molecule has 4 rings (SSSR count). The van der Waals surface area contributed by atoms with E-state index >= 15 is 0 Å². The van der Waals surface area contributed by atoms with Crippen molar-refractivity contribution in [2.24, 2.45) is 0 Å². The molecular formula is C20H18FNO5. The summed E-state index contributed by atoms with van der Waals surface area (Å²) in [6.07, 6.45) is 2.74. The Morgan fingerprint density at radius 1 is 1.26 bits per heavy atom. The van der Waals surface area contributed by atoms with Crippen molar-refractivity contribution in [3.63, 3.8) is 0 Å². The fourth-order valence-corrected chi connectivity index (χ4v) is 3.64. The fourth-order valence-electron chi connectivity index (χ4n) is 3.64. The van der Waals surface area contributed by atoms with Crippen molar-refractivity contribution in [1.82, 2.24) is 4.90 Å². The van der Waals surface area contributed by atoms with Crippen LogP contribution in [0.1, 0.15) is 35.0 Å². The Balaban J connectivity index is 1.78. The number of benzene rings is 1. The van der Waals surface area contributed by atoms with Crippen molar-refractivity contribution < 1.29 is 28.2 Å². The Kier molecular flexibility index (Phi) is 4.53. The molecule has 0 spiro atoms. The molecule has 0 radical (unpaired) electrons. The molecule has 1 aromatic carbocycles. The van der Waals surface area contributed by atoms with Crippen LogP contribution in [0.3, 0.4) is 0 Å². The van der Waals surface area contributed by atoms with Crippen LogP contribution in [-0.4, -0.2) is 41.0 Å². The number of ether oxygens (including phenoxy) is 1. The average Bonchev–Trinajstić information content (AvgIpc) is 3.40. The third-order valence-electron chi connectivity index (χ3n) is 4.92. The van der Waals surface area contributed by atoms with Crippen LogP contribution in [0.4, 0.5) is 4.39 Å². The topological polar surface area (TPSA) is 80.0 Å². The number of ketones is 1. The standard InChI is InChI=1S/C20H18FNO5/c21-14-7-2-1-6-13(14)17-16(18(23)15-8-4-10-27-15)19(24)20(25)22(17)11-12-5-3-9-26-12/h1-2,4,6-8,10,12,17,24H,3,5,9,11H2/t12-,17+/m1/s1. The van der Waals surface area contributed by atoms with Gasteiger partial charge in [0, 0.05) is 18.7 Å². The molecule has 1 N–H and O–H groups in total. The van der Waals surface area contributed by atoms with Crippen LogP contribution >= 0.6 is 0 Å². The van der Waals surface area contributed by atoms with Gasteiger partial charge in [-0.3, -0.25) is 9.59 Å². The van der Waals surface area contributed by atoms with Gasteiger partial charge in [-0.2, -0.15) is 0 Å². The highest BCUT2D eigenvalue weighted by Crippen LogP contribution is 2.40. The van der Waals surface area contributed by atoms with E-state index in [1.807, 2.05) is 0 Å². The zero-order valence-corrected chi connectivity index (χ0v) is 14.4. The van der Waals surface area contributed by atoms with E-state index in [2.05, 4.69) is 0 Å². The van der Waals surface area contributed by atoms with E-state index in [-0.39, 0.29) is 29.5 Å². The second-order valence-corrected chi connectivity index (χ2v) is 6.59. The summed E-state index contributed by atoms with van der Waals surface area (Å²) >= 11 is 0. The lowest BCUT2D eigenvalue weighted by Crippen LogP contribution is -2.37. The van der Waals surface area contributed by atoms with Gasteiger partial charge in [-0.05, 0) is 31.0 Å². The highest BCUT2D eigenvalue weighted by Gasteiger charge is 2.46. The first-order valence-corrected chi connectivity index (χ1v) is 8.76. The molecule has 140 valence electrons. The zero-order chi connectivity index (χ0) is 19.0. The van der Waals surface area contributed by atoms with E-state index < -0.39 is 29.3 Å². The molecule has 6 nitrogen and oxygen atoms in total. The Bertz CT molecular complexity index is 899. The van der Waals surface area contributed by atoms with Gasteiger partial charge in [-0.1, -0.05) is 18.2 Å². The number of Topliss-reactive ketones (excluding diaryl/α,β-unsaturated/α-hetero) is 1. The lowest BCUT2D eigenvalue weighted by atomic mass is 9.94. The van der Waals surface area contributed by atoms with Gasteiger partial charge in [-0.15, -0.1) is 0 Å². The van der Waals surface area contributed by atoms with Crippen LogP contribution in [0.2, 0.25) is 0 Å². The third kappa shape index (κ3) is 3.04. The third-order valence-corrected chi connectivity index (χ3v) is 4.92. The van der Waals surface area contributed by atoms with Gasteiger partial charge < -0.3 is 19.2 Å². The number of hydrogen-bond acceptors (Lipinski definition) is 5. The van der Waals surface area contributed by atoms with E-state index in [4.69, 9.17) is 9.15 Å². The summed E-state index contributed by atoms with van der Waals surface area (Å²) in [7, 11) is 0. The first kappa shape index (κ1) is 17.5. The van der Waals surface area contributed by atoms with E-state index in [0.29, 0.717) is 6.61 Å². The van der Waals surface area contributed by atoms with Gasteiger partial charge in [0.1, 0.15) is 5.82 Å². The smallest absolute Gasteiger partial charge is 0.290 e. The molecule has 7 heteroatoms. The summed E-state index contributed by atoms with van der Waals surface area (Å²) in [6.45, 7) is 0.755. The average molecular weight is 371 g/mol. The van der Waals surface area contributed by atoms with Gasteiger partial charge in [0.15, 0.2) is 11.5 Å². The summed E-state index contributed by atoms with van der Waals surface area (Å²) in [6, 6.07) is 7.84. The maximum atomic E-state index is 14.6. The summed E-state index contributed by atoms with van der Waals surface area (Å²) < 4.78 is 25.3. The number of aliphatic hydroxyl groups excluding tert-OH is 1. The maximum absolute atomic E-state index is 14.6. The minimum atomic E-state index is -1.04. The summed E-state index contributed by atoms with van der Waals surface area (Å²) in [5, 5.41) is 10.5. The van der Waals surface area contributed by atoms with E-state index in [1.54, 1.807) is 6.07 Å². The van der Waals surface area contributed by atoms with Gasteiger partial charge in [-0.25, -0.2) is 4.39 Å². The number of furan rings is 1. The second-order valence-electron chi connectivity index (χ2n) is 6.59. The number of carbonyl (C=O) groups excluding carboxylic acids is 2. The van der Waals surface area contributed by atoms with Crippen molar-refractivity contribution in [2.45, 2.75) is 25.0 Å². The van der Waals surface area contributed by atoms with Crippen LogP contribution < -0.4 is 0 Å². The Morgan fingerprint density at radius 3 is 2.74 bits per heavy atom. The summed E-state index contributed by atoms with van der Waals surface area (Å²) in [5.74, 6) is -2.62. The van der Waals surface area contributed by atoms with E-state index in [0.717, 1.165) is 12.8 Å². The maximum Gasteiger partial charge on any atom is 0.290 e. The zero-order valence-electron chi connectivity index (χ0n) is 14.4. The van der Waals surface area contributed by atoms with E-state index in [9.17, 15) is 19.1 Å². The number of rotatable bonds is 5. The minimum Gasteiger partial charge on any atom is -0.503 e. The SMILES string of the molecule is O=C(C1=C(O)C(=O)N(C[C@H]2CCCO2)[C@H]1c1ccccc1F)c1ccco1. The Hall–Kier alpha value is -2.93. The van der Waals surface area contributed by atoms with Crippen LogP contribution in [0.5, 0.6) is 0 Å². The van der Waals surface area contributed by atoms with Crippen molar-refractivity contribution in [2.75, 3.05) is 13.2 Å². The highest BCUT2D eigenvalue weighted by atomic mass is 19.1. The molecule has 0 unspecified atom stereocenters. The number of nitrogens with zero attached hydrogens (tertiary/aromatic N) is 1. The molecule has 3 heterocycles. The minimum absolute atomic E-state index is 0.0235. The molecule has 0 bridgehead atoms. The lowest BCUT2D eigenvalue weighted by Gasteiger charge is -2.28. The molecule has 2 aliphatic heterocycles. The largest absolute Gasteiger partial charge is 0.503 e. The fraction of sp³-hybridized carbons (Fsp3) is 0.300. The predicted octanol–water partition coefficient (Wildman–Crippen LogP) is 3.18. The lowest BCUT2D eigenvalue weighted by molar-refractivity contribution is -0.131. The summed E-state index contributed by atoms with van der Waals surface area (Å²) in [4.78, 5) is 26.9. The quantitative estimate of drug-likeness (QED) is 0.817. The van der Waals surface area contributed by atoms with Crippen molar-refractivity contribution in [1.29, 1.82) is 0 Å². The summed E-state index contributed by atoms with van der Waals surface area (Å²) in [5.41, 5.74) is -0.0409. The molecule has 2 atom stereocenters. The van der Waals surface area contributed by atoms with Gasteiger partial charge in [0.05, 0.1) is 24.0 Å². The normalized spacial score (nSPS) is 22.7. The molecule has 2 aliphatic rings. The number of amides is 1. The van der Waals surface area contributed by atoms with E-state index in [1.165, 1.54) is 41.5 Å². The van der Waals surface area contributed by atoms with Crippen molar-refractivity contribution in [3.05, 3.63) is 71.1 Å². The van der Waals surface area contributed by atoms with Gasteiger partial charge in [0.2, 0.25) is 5.78 Å². The van der Waals surface area contributed by atoms with Gasteiger partial charge in [0.25, 0.3) is 5.91 Å². The monoisotopic (exact) mass is 371 g/mol. The Morgan fingerprint density at radius 2 is 2.07 bits per heavy atom. The molecule has 1 fully saturated rings. The molecule has 1 saturated heterocycles. The first-order chi connectivity index (χ1) is 13.1. The second kappa shape index (κ2) is 7.00. The molecular weight excluding hydrogens is 353 g/mol. The van der Waals surface area contributed by atoms with Crippen LogP contribution in [-0.2, 0) is 9.53 Å². The van der Waals surface area contributed by atoms with Crippen molar-refractivity contribution in [3.8, 4) is 0 Å². The van der Waals surface area contributed by atoms with Crippen LogP contribution in [0.25, 0.3) is 0 Å². The molecule has 1 aromatic heterocycles. The number of halogens is 1. The first-order valence-electron chi connectivity index (χ1n) is 8.76.